The molecule has 0 saturated carbocycles. The van der Waals surface area contributed by atoms with Gasteiger partial charge in [0.1, 0.15) is 18.6 Å². The molecule has 2 aromatic rings. The number of H-pyrrole nitrogens is 1. The number of aromatic amines is 1. The Hall–Kier alpha value is -2.04. The molecule has 0 aliphatic carbocycles. The van der Waals surface area contributed by atoms with E-state index in [0.717, 1.165) is 11.3 Å². The molecule has 0 unspecified atom stereocenters. The maximum atomic E-state index is 5.36. The van der Waals surface area contributed by atoms with Crippen molar-refractivity contribution in [3.63, 3.8) is 0 Å². The Balaban J connectivity index is 1.93. The lowest BCUT2D eigenvalue weighted by molar-refractivity contribution is 0.293. The minimum Gasteiger partial charge on any atom is -0.497 e. The second-order valence-electron chi connectivity index (χ2n) is 2.94. The average molecular weight is 205 g/mol. The fraction of sp³-hybridized carbons (Fsp3) is 0.200. The Labute approximate surface area is 87.0 Å². The van der Waals surface area contributed by atoms with Gasteiger partial charge in [-0.3, -0.25) is 0 Å². The summed E-state index contributed by atoms with van der Waals surface area (Å²) in [6.45, 7) is 0.469. The van der Waals surface area contributed by atoms with Crippen LogP contribution in [-0.2, 0) is 6.61 Å². The lowest BCUT2D eigenvalue weighted by atomic mass is 10.2. The van der Waals surface area contributed by atoms with E-state index in [0.29, 0.717) is 12.5 Å². The van der Waals surface area contributed by atoms with Crippen molar-refractivity contribution in [3.05, 3.63) is 36.0 Å². The number of hydrogen-bond acceptors (Lipinski definition) is 4. The van der Waals surface area contributed by atoms with Crippen LogP contribution in [0.4, 0.5) is 0 Å². The van der Waals surface area contributed by atoms with Crippen molar-refractivity contribution in [2.45, 2.75) is 6.61 Å². The highest BCUT2D eigenvalue weighted by Crippen LogP contribution is 2.12. The molecule has 1 heterocycles. The predicted molar refractivity (Wildman–Crippen MR) is 53.7 cm³/mol. The van der Waals surface area contributed by atoms with E-state index in [-0.39, 0.29) is 0 Å². The van der Waals surface area contributed by atoms with Gasteiger partial charge in [0, 0.05) is 0 Å². The number of rotatable bonds is 4. The van der Waals surface area contributed by atoms with Crippen LogP contribution in [0.1, 0.15) is 5.56 Å². The number of nitrogens with zero attached hydrogens (tertiary/aromatic N) is 2. The zero-order valence-electron chi connectivity index (χ0n) is 8.30. The maximum absolute atomic E-state index is 5.36. The van der Waals surface area contributed by atoms with Crippen LogP contribution in [0.25, 0.3) is 0 Å². The normalized spacial score (nSPS) is 9.93. The first-order valence-electron chi connectivity index (χ1n) is 4.50. The lowest BCUT2D eigenvalue weighted by Gasteiger charge is -2.03. The van der Waals surface area contributed by atoms with E-state index >= 15 is 0 Å². The molecule has 78 valence electrons. The van der Waals surface area contributed by atoms with E-state index in [1.807, 2.05) is 24.3 Å². The Morgan fingerprint density at radius 3 is 2.67 bits per heavy atom. The van der Waals surface area contributed by atoms with Crippen molar-refractivity contribution >= 4 is 0 Å². The molecule has 1 N–H and O–H groups in total. The molecule has 2 rings (SSSR count). The van der Waals surface area contributed by atoms with Gasteiger partial charge in [-0.1, -0.05) is 12.1 Å². The number of ether oxygens (including phenoxy) is 2. The maximum Gasteiger partial charge on any atom is 0.253 e. The largest absolute Gasteiger partial charge is 0.497 e. The first kappa shape index (κ1) is 9.51. The van der Waals surface area contributed by atoms with Gasteiger partial charge in [-0.05, 0) is 17.7 Å². The van der Waals surface area contributed by atoms with E-state index < -0.39 is 0 Å². The second kappa shape index (κ2) is 4.45. The van der Waals surface area contributed by atoms with Crippen LogP contribution in [-0.4, -0.2) is 22.5 Å². The van der Waals surface area contributed by atoms with E-state index in [1.54, 1.807) is 7.11 Å². The molecular formula is C10H11N3O2. The van der Waals surface area contributed by atoms with Crippen molar-refractivity contribution in [2.24, 2.45) is 0 Å². The molecule has 0 radical (unpaired) electrons. The molecule has 5 heteroatoms. The number of hydrogen-bond donors (Lipinski definition) is 1. The summed E-state index contributed by atoms with van der Waals surface area (Å²) in [6.07, 6.45) is 1.53. The third kappa shape index (κ3) is 2.46. The quantitative estimate of drug-likeness (QED) is 0.819. The SMILES string of the molecule is COc1ccc(COc2cn[nH]n2)cc1. The van der Waals surface area contributed by atoms with Crippen molar-refractivity contribution < 1.29 is 9.47 Å². The van der Waals surface area contributed by atoms with Gasteiger partial charge < -0.3 is 9.47 Å². The van der Waals surface area contributed by atoms with Crippen molar-refractivity contribution in [2.75, 3.05) is 7.11 Å². The third-order valence-corrected chi connectivity index (χ3v) is 1.94. The van der Waals surface area contributed by atoms with Gasteiger partial charge in [0.2, 0.25) is 0 Å². The summed E-state index contributed by atoms with van der Waals surface area (Å²) < 4.78 is 10.4. The van der Waals surface area contributed by atoms with E-state index in [9.17, 15) is 0 Å². The minimum atomic E-state index is 0.469. The summed E-state index contributed by atoms with van der Waals surface area (Å²) in [4.78, 5) is 0. The van der Waals surface area contributed by atoms with Crippen LogP contribution in [0.2, 0.25) is 0 Å². The molecule has 0 saturated heterocycles. The van der Waals surface area contributed by atoms with Gasteiger partial charge >= 0.3 is 0 Å². The topological polar surface area (TPSA) is 60.0 Å². The highest BCUT2D eigenvalue weighted by molar-refractivity contribution is 5.26. The number of methoxy groups -OCH3 is 1. The highest BCUT2D eigenvalue weighted by Gasteiger charge is 1.98. The van der Waals surface area contributed by atoms with E-state index in [4.69, 9.17) is 9.47 Å². The molecule has 0 bridgehead atoms. The number of aromatic nitrogens is 3. The summed E-state index contributed by atoms with van der Waals surface area (Å²) in [5.41, 5.74) is 1.05. The molecular weight excluding hydrogens is 194 g/mol. The van der Waals surface area contributed by atoms with Gasteiger partial charge in [0.05, 0.1) is 7.11 Å². The summed E-state index contributed by atoms with van der Waals surface area (Å²) in [7, 11) is 1.64. The van der Waals surface area contributed by atoms with Crippen LogP contribution in [0.15, 0.2) is 30.5 Å². The third-order valence-electron chi connectivity index (χ3n) is 1.94. The standard InChI is InChI=1S/C10H11N3O2/c1-14-9-4-2-8(3-5-9)7-15-10-6-11-13-12-10/h2-6H,7H2,1H3,(H,11,12,13). The van der Waals surface area contributed by atoms with Crippen LogP contribution in [0.5, 0.6) is 11.6 Å². The van der Waals surface area contributed by atoms with Gasteiger partial charge in [-0.15, -0.1) is 5.10 Å². The molecule has 1 aromatic carbocycles. The fourth-order valence-corrected chi connectivity index (χ4v) is 1.14. The Morgan fingerprint density at radius 1 is 1.27 bits per heavy atom. The summed E-state index contributed by atoms with van der Waals surface area (Å²) in [5.74, 6) is 1.33. The second-order valence-corrected chi connectivity index (χ2v) is 2.94. The van der Waals surface area contributed by atoms with Gasteiger partial charge in [0.25, 0.3) is 5.88 Å². The predicted octanol–water partition coefficient (Wildman–Crippen LogP) is 1.39. The van der Waals surface area contributed by atoms with Crippen molar-refractivity contribution in [1.29, 1.82) is 0 Å². The van der Waals surface area contributed by atoms with Gasteiger partial charge in [-0.25, -0.2) is 0 Å². The monoisotopic (exact) mass is 205 g/mol. The van der Waals surface area contributed by atoms with Gasteiger partial charge in [-0.2, -0.15) is 10.3 Å². The van der Waals surface area contributed by atoms with Gasteiger partial charge in [0.15, 0.2) is 0 Å². The molecule has 5 nitrogen and oxygen atoms in total. The van der Waals surface area contributed by atoms with Crippen LogP contribution in [0.3, 0.4) is 0 Å². The molecule has 15 heavy (non-hydrogen) atoms. The highest BCUT2D eigenvalue weighted by atomic mass is 16.5. The van der Waals surface area contributed by atoms with E-state index in [1.165, 1.54) is 6.20 Å². The minimum absolute atomic E-state index is 0.469. The average Bonchev–Trinajstić information content (AvgIpc) is 2.80. The zero-order valence-corrected chi connectivity index (χ0v) is 8.30. The first-order valence-corrected chi connectivity index (χ1v) is 4.50. The summed E-state index contributed by atoms with van der Waals surface area (Å²) in [5, 5.41) is 9.90. The number of nitrogens with one attached hydrogen (secondary N) is 1. The van der Waals surface area contributed by atoms with E-state index in [2.05, 4.69) is 15.4 Å². The first-order chi connectivity index (χ1) is 7.38. The summed E-state index contributed by atoms with van der Waals surface area (Å²) >= 11 is 0. The molecule has 1 aromatic heterocycles. The zero-order chi connectivity index (χ0) is 10.5. The molecule has 0 fully saturated rings. The molecule has 0 aliphatic heterocycles. The lowest BCUT2D eigenvalue weighted by Crippen LogP contribution is -1.95. The van der Waals surface area contributed by atoms with Crippen LogP contribution in [0, 0.1) is 0 Å². The molecule has 0 amide bonds. The fourth-order valence-electron chi connectivity index (χ4n) is 1.14. The Kier molecular flexibility index (Phi) is 2.82. The molecule has 0 atom stereocenters. The molecule has 0 aliphatic rings. The van der Waals surface area contributed by atoms with Crippen LogP contribution < -0.4 is 9.47 Å². The molecule has 0 spiro atoms. The van der Waals surface area contributed by atoms with Crippen LogP contribution >= 0.6 is 0 Å². The number of benzene rings is 1. The smallest absolute Gasteiger partial charge is 0.253 e. The van der Waals surface area contributed by atoms with Crippen molar-refractivity contribution in [1.82, 2.24) is 15.4 Å². The summed E-state index contributed by atoms with van der Waals surface area (Å²) in [6, 6.07) is 7.67. The van der Waals surface area contributed by atoms with Crippen molar-refractivity contribution in [3.8, 4) is 11.6 Å². The Morgan fingerprint density at radius 2 is 2.07 bits per heavy atom. The Bertz CT molecular complexity index is 397.